The van der Waals surface area contributed by atoms with Crippen molar-refractivity contribution in [2.75, 3.05) is 19.3 Å². The number of halogens is 2. The Morgan fingerprint density at radius 2 is 1.76 bits per heavy atom. The molecule has 0 aliphatic carbocycles. The van der Waals surface area contributed by atoms with Gasteiger partial charge in [0, 0.05) is 19.2 Å². The van der Waals surface area contributed by atoms with E-state index in [1.165, 1.54) is 39.5 Å². The maximum Gasteiger partial charge on any atom is 0.243 e. The molecule has 0 saturated carbocycles. The third-order valence-electron chi connectivity index (χ3n) is 5.25. The number of aliphatic hydroxyl groups is 1. The predicted octanol–water partition coefficient (Wildman–Crippen LogP) is 5.18. The number of sulfonamides is 1. The summed E-state index contributed by atoms with van der Waals surface area (Å²) in [5.74, 6) is -1.74. The number of rotatable bonds is 10. The molecular formula is C23H28F2N2O3S3. The first-order chi connectivity index (χ1) is 15.5. The molecule has 1 aromatic heterocycles. The number of hydrogen-bond donors (Lipinski definition) is 1. The lowest BCUT2D eigenvalue weighted by Gasteiger charge is -2.29. The van der Waals surface area contributed by atoms with E-state index < -0.39 is 33.7 Å². The fourth-order valence-corrected chi connectivity index (χ4v) is 6.84. The lowest BCUT2D eigenvalue weighted by atomic mass is 9.95. The average molecular weight is 515 g/mol. The lowest BCUT2D eigenvalue weighted by molar-refractivity contribution is 0.0919. The highest BCUT2D eigenvalue weighted by molar-refractivity contribution is 8.00. The Morgan fingerprint density at radius 3 is 2.36 bits per heavy atom. The summed E-state index contributed by atoms with van der Waals surface area (Å²) < 4.78 is 56.9. The SMILES string of the molecule is CSc1nc2ccc(S(=O)(=O)N(CC(C)C)C[C@@H](O)C(C)Cc3cc(F)cc(F)c3)cc2s1. The molecule has 10 heteroatoms. The number of thioether (sulfide) groups is 1. The van der Waals surface area contributed by atoms with Gasteiger partial charge in [0.2, 0.25) is 10.0 Å². The fraction of sp³-hybridized carbons (Fsp3) is 0.435. The van der Waals surface area contributed by atoms with E-state index >= 15 is 0 Å². The average Bonchev–Trinajstić information content (AvgIpc) is 3.14. The minimum absolute atomic E-state index is 0.0369. The highest BCUT2D eigenvalue weighted by atomic mass is 32.2. The molecule has 33 heavy (non-hydrogen) atoms. The largest absolute Gasteiger partial charge is 0.391 e. The van der Waals surface area contributed by atoms with E-state index in [0.717, 1.165) is 20.6 Å². The second-order valence-corrected chi connectivity index (χ2v) is 12.6. The highest BCUT2D eigenvalue weighted by Gasteiger charge is 2.29. The zero-order chi connectivity index (χ0) is 24.3. The minimum atomic E-state index is -3.87. The maximum absolute atomic E-state index is 13.5. The van der Waals surface area contributed by atoms with Crippen LogP contribution in [-0.2, 0) is 16.4 Å². The summed E-state index contributed by atoms with van der Waals surface area (Å²) >= 11 is 2.94. The number of hydrogen-bond acceptors (Lipinski definition) is 6. The van der Waals surface area contributed by atoms with E-state index in [-0.39, 0.29) is 30.3 Å². The van der Waals surface area contributed by atoms with Crippen LogP contribution in [0.1, 0.15) is 26.3 Å². The molecule has 1 unspecified atom stereocenters. The molecule has 0 saturated heterocycles. The van der Waals surface area contributed by atoms with Crippen molar-refractivity contribution in [2.24, 2.45) is 11.8 Å². The van der Waals surface area contributed by atoms with Crippen molar-refractivity contribution in [2.45, 2.75) is 42.5 Å². The van der Waals surface area contributed by atoms with Gasteiger partial charge in [-0.15, -0.1) is 11.3 Å². The highest BCUT2D eigenvalue weighted by Crippen LogP contribution is 2.31. The minimum Gasteiger partial charge on any atom is -0.391 e. The van der Waals surface area contributed by atoms with Crippen molar-refractivity contribution in [3.05, 3.63) is 53.6 Å². The van der Waals surface area contributed by atoms with E-state index in [0.29, 0.717) is 5.56 Å². The van der Waals surface area contributed by atoms with Crippen molar-refractivity contribution in [1.29, 1.82) is 0 Å². The van der Waals surface area contributed by atoms with Gasteiger partial charge in [-0.2, -0.15) is 4.31 Å². The molecule has 0 fully saturated rings. The Hall–Kier alpha value is -1.59. The van der Waals surface area contributed by atoms with Gasteiger partial charge >= 0.3 is 0 Å². The molecule has 3 aromatic rings. The summed E-state index contributed by atoms with van der Waals surface area (Å²) in [7, 11) is -3.87. The fourth-order valence-electron chi connectivity index (χ4n) is 3.58. The molecule has 0 amide bonds. The third kappa shape index (κ3) is 6.51. The van der Waals surface area contributed by atoms with Gasteiger partial charge in [-0.25, -0.2) is 22.2 Å². The second-order valence-electron chi connectivity index (χ2n) is 8.56. The molecule has 180 valence electrons. The molecular weight excluding hydrogens is 486 g/mol. The maximum atomic E-state index is 13.5. The number of aliphatic hydroxyl groups excluding tert-OH is 1. The molecule has 0 radical (unpaired) electrons. The smallest absolute Gasteiger partial charge is 0.243 e. The number of nitrogens with zero attached hydrogens (tertiary/aromatic N) is 2. The summed E-state index contributed by atoms with van der Waals surface area (Å²) in [5, 5.41) is 10.8. The second kappa shape index (κ2) is 10.8. The number of fused-ring (bicyclic) bond motifs is 1. The number of aromatic nitrogens is 1. The molecule has 2 aromatic carbocycles. The zero-order valence-corrected chi connectivity index (χ0v) is 21.4. The molecule has 1 N–H and O–H groups in total. The quantitative estimate of drug-likeness (QED) is 0.378. The summed E-state index contributed by atoms with van der Waals surface area (Å²) in [6.07, 6.45) is 1.12. The van der Waals surface area contributed by atoms with Crippen LogP contribution in [0.3, 0.4) is 0 Å². The van der Waals surface area contributed by atoms with Crippen LogP contribution in [0.5, 0.6) is 0 Å². The number of thiazole rings is 1. The van der Waals surface area contributed by atoms with Crippen LogP contribution in [0.4, 0.5) is 8.78 Å². The van der Waals surface area contributed by atoms with Crippen molar-refractivity contribution >= 4 is 43.3 Å². The Morgan fingerprint density at radius 1 is 1.09 bits per heavy atom. The van der Waals surface area contributed by atoms with Crippen LogP contribution in [0.25, 0.3) is 10.2 Å². The normalized spacial score (nSPS) is 14.3. The molecule has 3 rings (SSSR count). The monoisotopic (exact) mass is 514 g/mol. The Bertz CT molecular complexity index is 1190. The van der Waals surface area contributed by atoms with Crippen molar-refractivity contribution in [1.82, 2.24) is 9.29 Å². The summed E-state index contributed by atoms with van der Waals surface area (Å²) in [6, 6.07) is 8.11. The first-order valence-electron chi connectivity index (χ1n) is 10.6. The molecule has 0 spiro atoms. The van der Waals surface area contributed by atoms with Crippen molar-refractivity contribution < 1.29 is 22.3 Å². The Labute approximate surface area is 201 Å². The Kier molecular flexibility index (Phi) is 8.50. The van der Waals surface area contributed by atoms with Crippen LogP contribution in [0.2, 0.25) is 0 Å². The topological polar surface area (TPSA) is 70.5 Å². The third-order valence-corrected chi connectivity index (χ3v) is 9.08. The van der Waals surface area contributed by atoms with Crippen LogP contribution in [-0.4, -0.2) is 48.3 Å². The van der Waals surface area contributed by atoms with Gasteiger partial charge in [0.25, 0.3) is 0 Å². The molecule has 1 heterocycles. The van der Waals surface area contributed by atoms with Crippen LogP contribution >= 0.6 is 23.1 Å². The van der Waals surface area contributed by atoms with Gasteiger partial charge in [-0.3, -0.25) is 0 Å². The summed E-state index contributed by atoms with van der Waals surface area (Å²) in [6.45, 7) is 5.67. The van der Waals surface area contributed by atoms with Gasteiger partial charge in [0.05, 0.1) is 21.2 Å². The number of benzene rings is 2. The molecule has 0 aliphatic heterocycles. The molecule has 5 nitrogen and oxygen atoms in total. The standard InChI is InChI=1S/C23H28F2N2O3S3/c1-14(2)12-27(13-21(28)15(3)7-16-8-17(24)10-18(25)9-16)33(29,30)19-5-6-20-22(11-19)32-23(26-20)31-4/h5-6,8-11,14-15,21,28H,7,12-13H2,1-4H3/t15?,21-/m1/s1. The van der Waals surface area contributed by atoms with Gasteiger partial charge in [-0.05, 0) is 60.4 Å². The van der Waals surface area contributed by atoms with Gasteiger partial charge in [0.15, 0.2) is 4.34 Å². The molecule has 0 bridgehead atoms. The summed E-state index contributed by atoms with van der Waals surface area (Å²) in [5.41, 5.74) is 1.16. The van der Waals surface area contributed by atoms with E-state index in [4.69, 9.17) is 0 Å². The van der Waals surface area contributed by atoms with E-state index in [9.17, 15) is 22.3 Å². The van der Waals surface area contributed by atoms with Crippen LogP contribution in [0.15, 0.2) is 45.6 Å². The lowest BCUT2D eigenvalue weighted by Crippen LogP contribution is -2.42. The zero-order valence-electron chi connectivity index (χ0n) is 19.0. The van der Waals surface area contributed by atoms with E-state index in [1.807, 2.05) is 20.1 Å². The van der Waals surface area contributed by atoms with Gasteiger partial charge < -0.3 is 5.11 Å². The summed E-state index contributed by atoms with van der Waals surface area (Å²) in [4.78, 5) is 4.60. The van der Waals surface area contributed by atoms with Gasteiger partial charge in [0.1, 0.15) is 11.6 Å². The molecule has 0 aliphatic rings. The van der Waals surface area contributed by atoms with Crippen molar-refractivity contribution in [3.63, 3.8) is 0 Å². The first kappa shape index (κ1) is 26.0. The van der Waals surface area contributed by atoms with E-state index in [1.54, 1.807) is 25.1 Å². The predicted molar refractivity (Wildman–Crippen MR) is 130 cm³/mol. The first-order valence-corrected chi connectivity index (χ1v) is 14.1. The van der Waals surface area contributed by atoms with E-state index in [2.05, 4.69) is 4.98 Å². The van der Waals surface area contributed by atoms with Crippen molar-refractivity contribution in [3.8, 4) is 0 Å². The van der Waals surface area contributed by atoms with Crippen LogP contribution < -0.4 is 0 Å². The van der Waals surface area contributed by atoms with Gasteiger partial charge in [-0.1, -0.05) is 32.5 Å². The Balaban J connectivity index is 1.83. The van der Waals surface area contributed by atoms with Crippen LogP contribution in [0, 0.1) is 23.5 Å². The molecule has 2 atom stereocenters.